The number of aromatic amines is 1. The number of hydrogen-bond donors (Lipinski definition) is 2. The molecule has 3 heterocycles. The van der Waals surface area contributed by atoms with Crippen LogP contribution in [0.25, 0.3) is 10.9 Å². The first-order valence-electron chi connectivity index (χ1n) is 9.29. The standard InChI is InChI=1S/C20H26N2O/c23-12-14-5-3-4-13-11-22-9-8-16-15-6-1-2-7-18(15)21-20(16)19(22)10-17(13)14/h1-2,6-7,13-14,17,19,21,23H,3-5,8-12H2. The number of aromatic nitrogens is 1. The second-order valence-electron chi connectivity index (χ2n) is 7.86. The lowest BCUT2D eigenvalue weighted by atomic mass is 9.66. The third kappa shape index (κ3) is 2.10. The molecule has 23 heavy (non-hydrogen) atoms. The van der Waals surface area contributed by atoms with Crippen molar-refractivity contribution in [3.63, 3.8) is 0 Å². The fourth-order valence-corrected chi connectivity index (χ4v) is 5.71. The number of piperidine rings is 1. The molecule has 2 N–H and O–H groups in total. The highest BCUT2D eigenvalue weighted by molar-refractivity contribution is 5.85. The van der Waals surface area contributed by atoms with E-state index in [-0.39, 0.29) is 0 Å². The number of nitrogens with one attached hydrogen (secondary N) is 1. The molecule has 5 rings (SSSR count). The molecule has 0 bridgehead atoms. The van der Waals surface area contributed by atoms with Crippen molar-refractivity contribution in [2.24, 2.45) is 17.8 Å². The van der Waals surface area contributed by atoms with Crippen LogP contribution >= 0.6 is 0 Å². The zero-order chi connectivity index (χ0) is 15.4. The van der Waals surface area contributed by atoms with Crippen LogP contribution in [0.3, 0.4) is 0 Å². The maximum Gasteiger partial charge on any atom is 0.0504 e. The Balaban J connectivity index is 1.54. The summed E-state index contributed by atoms with van der Waals surface area (Å²) in [4.78, 5) is 6.46. The quantitative estimate of drug-likeness (QED) is 0.846. The van der Waals surface area contributed by atoms with Crippen LogP contribution in [-0.2, 0) is 6.42 Å². The van der Waals surface area contributed by atoms with Gasteiger partial charge in [0, 0.05) is 36.3 Å². The number of para-hydroxylation sites is 1. The summed E-state index contributed by atoms with van der Waals surface area (Å²) in [6.45, 7) is 2.82. The molecule has 1 saturated carbocycles. The highest BCUT2D eigenvalue weighted by atomic mass is 16.3. The SMILES string of the molecule is OCC1CCCC2CN3CCc4c([nH]c5ccccc45)C3CC12. The van der Waals surface area contributed by atoms with E-state index in [4.69, 9.17) is 0 Å². The lowest BCUT2D eigenvalue weighted by molar-refractivity contribution is -0.0141. The van der Waals surface area contributed by atoms with E-state index >= 15 is 0 Å². The van der Waals surface area contributed by atoms with E-state index in [0.717, 1.165) is 5.92 Å². The third-order valence-electron chi connectivity index (χ3n) is 6.83. The summed E-state index contributed by atoms with van der Waals surface area (Å²) in [6.07, 6.45) is 6.31. The summed E-state index contributed by atoms with van der Waals surface area (Å²) in [5, 5.41) is 11.2. The molecule has 3 aliphatic rings. The number of hydrogen-bond acceptors (Lipinski definition) is 2. The molecule has 0 amide bonds. The van der Waals surface area contributed by atoms with E-state index in [9.17, 15) is 5.11 Å². The van der Waals surface area contributed by atoms with Crippen molar-refractivity contribution in [3.05, 3.63) is 35.5 Å². The minimum Gasteiger partial charge on any atom is -0.396 e. The van der Waals surface area contributed by atoms with Crippen LogP contribution in [0.2, 0.25) is 0 Å². The third-order valence-corrected chi connectivity index (χ3v) is 6.83. The Bertz CT molecular complexity index is 722. The molecule has 4 unspecified atom stereocenters. The molecule has 3 heteroatoms. The number of fused-ring (bicyclic) bond motifs is 6. The lowest BCUT2D eigenvalue weighted by Crippen LogP contribution is -2.49. The molecular formula is C20H26N2O. The van der Waals surface area contributed by atoms with Crippen molar-refractivity contribution < 1.29 is 5.11 Å². The topological polar surface area (TPSA) is 39.3 Å². The maximum atomic E-state index is 9.81. The van der Waals surface area contributed by atoms with Gasteiger partial charge in [0.15, 0.2) is 0 Å². The Morgan fingerprint density at radius 1 is 1.22 bits per heavy atom. The van der Waals surface area contributed by atoms with Gasteiger partial charge in [-0.2, -0.15) is 0 Å². The van der Waals surface area contributed by atoms with Gasteiger partial charge in [-0.15, -0.1) is 0 Å². The van der Waals surface area contributed by atoms with Gasteiger partial charge in [-0.05, 0) is 55.1 Å². The van der Waals surface area contributed by atoms with E-state index < -0.39 is 0 Å². The molecule has 2 fully saturated rings. The van der Waals surface area contributed by atoms with Gasteiger partial charge < -0.3 is 10.1 Å². The molecule has 1 aromatic heterocycles. The van der Waals surface area contributed by atoms with Gasteiger partial charge in [0.1, 0.15) is 0 Å². The van der Waals surface area contributed by atoms with Crippen LogP contribution in [0.5, 0.6) is 0 Å². The average molecular weight is 310 g/mol. The predicted molar refractivity (Wildman–Crippen MR) is 92.3 cm³/mol. The van der Waals surface area contributed by atoms with Crippen molar-refractivity contribution in [3.8, 4) is 0 Å². The molecule has 122 valence electrons. The maximum absolute atomic E-state index is 9.81. The Hall–Kier alpha value is -1.32. The first-order valence-corrected chi connectivity index (χ1v) is 9.29. The number of nitrogens with zero attached hydrogens (tertiary/aromatic N) is 1. The van der Waals surface area contributed by atoms with Crippen molar-refractivity contribution >= 4 is 10.9 Å². The highest BCUT2D eigenvalue weighted by Gasteiger charge is 2.43. The highest BCUT2D eigenvalue weighted by Crippen LogP contribution is 2.48. The molecular weight excluding hydrogens is 284 g/mol. The second-order valence-corrected chi connectivity index (χ2v) is 7.86. The first kappa shape index (κ1) is 14.1. The fourth-order valence-electron chi connectivity index (χ4n) is 5.71. The van der Waals surface area contributed by atoms with Crippen molar-refractivity contribution in [2.45, 2.75) is 38.1 Å². The van der Waals surface area contributed by atoms with E-state index in [1.165, 1.54) is 61.8 Å². The monoisotopic (exact) mass is 310 g/mol. The molecule has 1 aliphatic carbocycles. The Morgan fingerprint density at radius 2 is 2.13 bits per heavy atom. The molecule has 2 aliphatic heterocycles. The minimum atomic E-state index is 0.382. The summed E-state index contributed by atoms with van der Waals surface area (Å²) < 4.78 is 0. The fraction of sp³-hybridized carbons (Fsp3) is 0.600. The summed E-state index contributed by atoms with van der Waals surface area (Å²) in [5.41, 5.74) is 4.32. The number of aliphatic hydroxyl groups excluding tert-OH is 1. The van der Waals surface area contributed by atoms with Gasteiger partial charge in [-0.25, -0.2) is 0 Å². The van der Waals surface area contributed by atoms with Gasteiger partial charge in [0.05, 0.1) is 6.04 Å². The smallest absolute Gasteiger partial charge is 0.0504 e. The first-order chi connectivity index (χ1) is 11.3. The number of benzene rings is 1. The molecule has 3 nitrogen and oxygen atoms in total. The molecule has 4 atom stereocenters. The minimum absolute atomic E-state index is 0.382. The molecule has 2 aromatic rings. The summed E-state index contributed by atoms with van der Waals surface area (Å²) in [5.74, 6) is 2.06. The normalized spacial score (nSPS) is 34.0. The number of H-pyrrole nitrogens is 1. The molecule has 1 saturated heterocycles. The van der Waals surface area contributed by atoms with Crippen LogP contribution in [0.1, 0.15) is 43.0 Å². The number of aliphatic hydroxyl groups is 1. The van der Waals surface area contributed by atoms with Gasteiger partial charge >= 0.3 is 0 Å². The van der Waals surface area contributed by atoms with Gasteiger partial charge in [-0.3, -0.25) is 4.90 Å². The Morgan fingerprint density at radius 3 is 3.04 bits per heavy atom. The Kier molecular flexibility index (Phi) is 3.27. The average Bonchev–Trinajstić information content (AvgIpc) is 2.98. The summed E-state index contributed by atoms with van der Waals surface area (Å²) in [6, 6.07) is 9.30. The Labute approximate surface area is 137 Å². The van der Waals surface area contributed by atoms with Crippen molar-refractivity contribution in [2.75, 3.05) is 19.7 Å². The van der Waals surface area contributed by atoms with E-state index in [1.54, 1.807) is 5.56 Å². The van der Waals surface area contributed by atoms with Gasteiger partial charge in [0.2, 0.25) is 0 Å². The van der Waals surface area contributed by atoms with Crippen LogP contribution < -0.4 is 0 Å². The summed E-state index contributed by atoms with van der Waals surface area (Å²) in [7, 11) is 0. The zero-order valence-corrected chi connectivity index (χ0v) is 13.7. The van der Waals surface area contributed by atoms with Crippen molar-refractivity contribution in [1.29, 1.82) is 0 Å². The molecule has 1 aromatic carbocycles. The molecule has 0 radical (unpaired) electrons. The summed E-state index contributed by atoms with van der Waals surface area (Å²) >= 11 is 0. The van der Waals surface area contributed by atoms with Crippen LogP contribution in [0.15, 0.2) is 24.3 Å². The van der Waals surface area contributed by atoms with E-state index in [0.29, 0.717) is 24.5 Å². The second kappa shape index (κ2) is 5.35. The van der Waals surface area contributed by atoms with Crippen LogP contribution in [0.4, 0.5) is 0 Å². The van der Waals surface area contributed by atoms with Crippen LogP contribution in [0, 0.1) is 17.8 Å². The van der Waals surface area contributed by atoms with Gasteiger partial charge in [0.25, 0.3) is 0 Å². The lowest BCUT2D eigenvalue weighted by Gasteiger charge is -2.50. The van der Waals surface area contributed by atoms with Gasteiger partial charge in [-0.1, -0.05) is 24.6 Å². The largest absolute Gasteiger partial charge is 0.396 e. The molecule has 0 spiro atoms. The van der Waals surface area contributed by atoms with E-state index in [2.05, 4.69) is 34.1 Å². The van der Waals surface area contributed by atoms with E-state index in [1.807, 2.05) is 0 Å². The van der Waals surface area contributed by atoms with Crippen LogP contribution in [-0.4, -0.2) is 34.7 Å². The zero-order valence-electron chi connectivity index (χ0n) is 13.7. The number of rotatable bonds is 1. The predicted octanol–water partition coefficient (Wildman–Crippen LogP) is 3.50. The van der Waals surface area contributed by atoms with Crippen molar-refractivity contribution in [1.82, 2.24) is 9.88 Å².